The summed E-state index contributed by atoms with van der Waals surface area (Å²) in [5.74, 6) is -0.681. The van der Waals surface area contributed by atoms with E-state index in [0.29, 0.717) is 48.6 Å². The van der Waals surface area contributed by atoms with Gasteiger partial charge in [-0.05, 0) is 29.8 Å². The Bertz CT molecular complexity index is 1280. The number of halogens is 1. The van der Waals surface area contributed by atoms with Gasteiger partial charge in [0.2, 0.25) is 5.91 Å². The van der Waals surface area contributed by atoms with Crippen LogP contribution in [-0.2, 0) is 16.1 Å². The van der Waals surface area contributed by atoms with Gasteiger partial charge >= 0.3 is 0 Å². The van der Waals surface area contributed by atoms with Crippen molar-refractivity contribution in [2.24, 2.45) is 0 Å². The van der Waals surface area contributed by atoms with Crippen LogP contribution >= 0.6 is 11.6 Å². The van der Waals surface area contributed by atoms with E-state index in [1.807, 2.05) is 36.4 Å². The number of hydrogen-bond acceptors (Lipinski definition) is 4. The zero-order chi connectivity index (χ0) is 25.8. The summed E-state index contributed by atoms with van der Waals surface area (Å²) in [6.45, 7) is 1.20. The predicted octanol–water partition coefficient (Wildman–Crippen LogP) is 4.13. The molecule has 8 heteroatoms. The number of piperidine rings is 1. The molecule has 190 valence electrons. The second-order valence-corrected chi connectivity index (χ2v) is 9.70. The van der Waals surface area contributed by atoms with Gasteiger partial charge in [0.25, 0.3) is 11.8 Å². The van der Waals surface area contributed by atoms with Gasteiger partial charge in [0.15, 0.2) is 0 Å². The van der Waals surface area contributed by atoms with E-state index in [0.717, 1.165) is 5.56 Å². The minimum Gasteiger partial charge on any atom is -0.353 e. The molecule has 1 N–H and O–H groups in total. The molecule has 2 fully saturated rings. The van der Waals surface area contributed by atoms with Crippen LogP contribution in [0.4, 0.5) is 0 Å². The molecule has 3 amide bonds. The normalized spacial score (nSPS) is 18.6. The topological polar surface area (TPSA) is 79.0 Å². The molecule has 0 bridgehead atoms. The van der Waals surface area contributed by atoms with Crippen LogP contribution < -0.4 is 5.32 Å². The molecule has 2 aliphatic rings. The number of carbonyl (C=O) groups is 3. The molecule has 1 atom stereocenters. The highest BCUT2D eigenvalue weighted by atomic mass is 35.5. The average Bonchev–Trinajstić information content (AvgIpc) is 3.31. The lowest BCUT2D eigenvalue weighted by atomic mass is 9.96. The van der Waals surface area contributed by atoms with Gasteiger partial charge in [-0.15, -0.1) is 0 Å². The van der Waals surface area contributed by atoms with Crippen molar-refractivity contribution in [2.45, 2.75) is 31.2 Å². The van der Waals surface area contributed by atoms with Crippen LogP contribution in [0.25, 0.3) is 0 Å². The molecular weight excluding hydrogens is 490 g/mol. The number of nitrogens with one attached hydrogen (secondary N) is 1. The summed E-state index contributed by atoms with van der Waals surface area (Å²) < 4.78 is 6.26. The zero-order valence-electron chi connectivity index (χ0n) is 20.3. The number of carbonyl (C=O) groups excluding carboxylic acids is 3. The third kappa shape index (κ3) is 5.10. The Kier molecular flexibility index (Phi) is 7.26. The number of ether oxygens (including phenoxy) is 1. The quantitative estimate of drug-likeness (QED) is 0.552. The van der Waals surface area contributed by atoms with Crippen LogP contribution in [-0.4, -0.2) is 59.0 Å². The summed E-state index contributed by atoms with van der Waals surface area (Å²) in [5.41, 5.74) is 0.932. The van der Waals surface area contributed by atoms with Crippen LogP contribution in [0.1, 0.15) is 39.1 Å². The van der Waals surface area contributed by atoms with Gasteiger partial charge < -0.3 is 15.0 Å². The number of benzene rings is 3. The molecule has 0 saturated carbocycles. The molecule has 5 rings (SSSR count). The standard InChI is InChI=1S/C29H28ClN3O4/c30-24-14-8-7-13-23(24)28(36)32-17-15-29(16-18-32)33(27(35)22-11-5-2-6-12-22)25(20-37-29)26(34)31-19-21-9-3-1-4-10-21/h1-14,25H,15-20H2,(H,31,34)/t25-/m0/s1. The fourth-order valence-electron chi connectivity index (χ4n) is 5.05. The molecule has 2 aliphatic heterocycles. The molecule has 0 radical (unpaired) electrons. The van der Waals surface area contributed by atoms with Crippen molar-refractivity contribution in [1.82, 2.24) is 15.1 Å². The SMILES string of the molecule is O=C(NCc1ccccc1)[C@@H]1COC2(CCN(C(=O)c3ccccc3Cl)CC2)N1C(=O)c1ccccc1. The summed E-state index contributed by atoms with van der Waals surface area (Å²) in [6, 6.07) is 24.7. The van der Waals surface area contributed by atoms with Crippen molar-refractivity contribution >= 4 is 29.3 Å². The first-order valence-corrected chi connectivity index (χ1v) is 12.7. The van der Waals surface area contributed by atoms with E-state index in [4.69, 9.17) is 16.3 Å². The Morgan fingerprint density at radius 1 is 0.865 bits per heavy atom. The predicted molar refractivity (Wildman–Crippen MR) is 140 cm³/mol. The Labute approximate surface area is 221 Å². The number of likely N-dealkylation sites (tertiary alicyclic amines) is 1. The van der Waals surface area contributed by atoms with E-state index in [1.165, 1.54) is 0 Å². The number of amides is 3. The van der Waals surface area contributed by atoms with Crippen LogP contribution in [0.3, 0.4) is 0 Å². The molecule has 7 nitrogen and oxygen atoms in total. The van der Waals surface area contributed by atoms with Gasteiger partial charge in [0, 0.05) is 38.0 Å². The maximum absolute atomic E-state index is 13.8. The van der Waals surface area contributed by atoms with Crippen molar-refractivity contribution in [1.29, 1.82) is 0 Å². The number of nitrogens with zero attached hydrogens (tertiary/aromatic N) is 2. The highest BCUT2D eigenvalue weighted by Crippen LogP contribution is 2.39. The Morgan fingerprint density at radius 2 is 1.49 bits per heavy atom. The Morgan fingerprint density at radius 3 is 2.16 bits per heavy atom. The van der Waals surface area contributed by atoms with E-state index in [2.05, 4.69) is 5.32 Å². The van der Waals surface area contributed by atoms with Gasteiger partial charge in [-0.3, -0.25) is 19.3 Å². The fourth-order valence-corrected chi connectivity index (χ4v) is 5.27. The smallest absolute Gasteiger partial charge is 0.256 e. The van der Waals surface area contributed by atoms with Gasteiger partial charge in [-0.25, -0.2) is 0 Å². The first-order valence-electron chi connectivity index (χ1n) is 12.4. The lowest BCUT2D eigenvalue weighted by Gasteiger charge is -2.44. The molecule has 3 aromatic carbocycles. The third-order valence-electron chi connectivity index (χ3n) is 7.05. The van der Waals surface area contributed by atoms with Crippen LogP contribution in [0.2, 0.25) is 5.02 Å². The lowest BCUT2D eigenvalue weighted by Crippen LogP contribution is -2.59. The molecule has 3 aromatic rings. The van der Waals surface area contributed by atoms with Crippen molar-refractivity contribution in [3.63, 3.8) is 0 Å². The van der Waals surface area contributed by atoms with E-state index in [-0.39, 0.29) is 24.3 Å². The number of hydrogen-bond donors (Lipinski definition) is 1. The molecule has 0 unspecified atom stereocenters. The molecule has 37 heavy (non-hydrogen) atoms. The number of rotatable bonds is 5. The summed E-state index contributed by atoms with van der Waals surface area (Å²) >= 11 is 6.25. The first-order chi connectivity index (χ1) is 18.0. The first kappa shape index (κ1) is 25.0. The van der Waals surface area contributed by atoms with Crippen molar-refractivity contribution in [2.75, 3.05) is 19.7 Å². The van der Waals surface area contributed by atoms with Crippen LogP contribution in [0, 0.1) is 0 Å². The molecular formula is C29H28ClN3O4. The summed E-state index contributed by atoms with van der Waals surface area (Å²) in [7, 11) is 0. The second-order valence-electron chi connectivity index (χ2n) is 9.29. The minimum atomic E-state index is -0.973. The summed E-state index contributed by atoms with van der Waals surface area (Å²) in [5, 5.41) is 3.37. The molecule has 0 aromatic heterocycles. The Balaban J connectivity index is 1.36. The van der Waals surface area contributed by atoms with E-state index in [9.17, 15) is 14.4 Å². The minimum absolute atomic E-state index is 0.0949. The second kappa shape index (κ2) is 10.7. The maximum Gasteiger partial charge on any atom is 0.256 e. The average molecular weight is 518 g/mol. The molecule has 2 saturated heterocycles. The van der Waals surface area contributed by atoms with E-state index >= 15 is 0 Å². The largest absolute Gasteiger partial charge is 0.353 e. The van der Waals surface area contributed by atoms with Gasteiger partial charge in [-0.1, -0.05) is 72.3 Å². The zero-order valence-corrected chi connectivity index (χ0v) is 21.1. The van der Waals surface area contributed by atoms with Crippen molar-refractivity contribution in [3.8, 4) is 0 Å². The van der Waals surface area contributed by atoms with Gasteiger partial charge in [-0.2, -0.15) is 0 Å². The summed E-state index contributed by atoms with van der Waals surface area (Å²) in [6.07, 6.45) is 0.786. The molecule has 2 heterocycles. The summed E-state index contributed by atoms with van der Waals surface area (Å²) in [4.78, 5) is 43.5. The maximum atomic E-state index is 13.8. The molecule has 0 aliphatic carbocycles. The highest BCUT2D eigenvalue weighted by molar-refractivity contribution is 6.33. The van der Waals surface area contributed by atoms with E-state index in [1.54, 1.807) is 58.3 Å². The monoisotopic (exact) mass is 517 g/mol. The highest BCUT2D eigenvalue weighted by Gasteiger charge is 2.54. The van der Waals surface area contributed by atoms with Gasteiger partial charge in [0.05, 0.1) is 17.2 Å². The van der Waals surface area contributed by atoms with Crippen LogP contribution in [0.15, 0.2) is 84.9 Å². The van der Waals surface area contributed by atoms with Crippen LogP contribution in [0.5, 0.6) is 0 Å². The van der Waals surface area contributed by atoms with E-state index < -0.39 is 11.8 Å². The van der Waals surface area contributed by atoms with Crippen molar-refractivity contribution < 1.29 is 19.1 Å². The van der Waals surface area contributed by atoms with Gasteiger partial charge in [0.1, 0.15) is 11.8 Å². The Hall–Kier alpha value is -3.68. The fraction of sp³-hybridized carbons (Fsp3) is 0.276. The third-order valence-corrected chi connectivity index (χ3v) is 7.38. The van der Waals surface area contributed by atoms with Crippen molar-refractivity contribution in [3.05, 3.63) is 107 Å². The lowest BCUT2D eigenvalue weighted by molar-refractivity contribution is -0.128. The molecule has 1 spiro atoms.